The lowest BCUT2D eigenvalue weighted by molar-refractivity contribution is 0.0581. The van der Waals surface area contributed by atoms with Crippen molar-refractivity contribution in [1.29, 1.82) is 0 Å². The number of rotatable bonds is 11. The summed E-state index contributed by atoms with van der Waals surface area (Å²) < 4.78 is 5.36. The summed E-state index contributed by atoms with van der Waals surface area (Å²) in [5, 5.41) is 22.8. The van der Waals surface area contributed by atoms with Crippen molar-refractivity contribution < 1.29 is 14.9 Å². The second-order valence-electron chi connectivity index (χ2n) is 8.90. The van der Waals surface area contributed by atoms with Crippen LogP contribution in [0.5, 0.6) is 5.75 Å². The van der Waals surface area contributed by atoms with Crippen molar-refractivity contribution in [3.63, 3.8) is 0 Å². The minimum atomic E-state index is -0.563. The topological polar surface area (TPSA) is 91.6 Å². The van der Waals surface area contributed by atoms with E-state index in [1.165, 1.54) is 0 Å². The fraction of sp³-hybridized carbons (Fsp3) is 0.500. The molecule has 3 heterocycles. The van der Waals surface area contributed by atoms with E-state index in [2.05, 4.69) is 19.9 Å². The number of ether oxygens (including phenoxy) is 1. The van der Waals surface area contributed by atoms with Crippen LogP contribution in [0.4, 0.5) is 0 Å². The second kappa shape index (κ2) is 12.4. The maximum absolute atomic E-state index is 11.0. The molecule has 4 rings (SSSR count). The number of fused-ring (bicyclic) bond motifs is 1. The monoisotopic (exact) mass is 482 g/mol. The molecule has 0 unspecified atom stereocenters. The van der Waals surface area contributed by atoms with Crippen molar-refractivity contribution in [3.8, 4) is 5.75 Å². The molecule has 0 aliphatic carbocycles. The van der Waals surface area contributed by atoms with Crippen LogP contribution in [0.2, 0.25) is 0 Å². The smallest absolute Gasteiger partial charge is 0.187 e. The zero-order valence-corrected chi connectivity index (χ0v) is 20.5. The molecule has 2 N–H and O–H groups in total. The van der Waals surface area contributed by atoms with E-state index < -0.39 is 6.10 Å². The summed E-state index contributed by atoms with van der Waals surface area (Å²) in [5.74, 6) is 2.42. The molecule has 1 saturated heterocycles. The number of hydrogen-bond donors (Lipinski definition) is 2. The molecule has 0 radical (unpaired) electrons. The first-order valence-corrected chi connectivity index (χ1v) is 13.0. The van der Waals surface area contributed by atoms with Gasteiger partial charge in [-0.1, -0.05) is 11.8 Å². The van der Waals surface area contributed by atoms with Crippen LogP contribution in [0.3, 0.4) is 0 Å². The minimum absolute atomic E-state index is 0.194. The highest BCUT2D eigenvalue weighted by molar-refractivity contribution is 7.99. The molecule has 1 aliphatic heterocycles. The molecule has 1 aliphatic rings. The lowest BCUT2D eigenvalue weighted by atomic mass is 9.81. The number of thioether (sulfide) groups is 1. The third kappa shape index (κ3) is 6.44. The summed E-state index contributed by atoms with van der Waals surface area (Å²) in [6.07, 6.45) is 8.44. The van der Waals surface area contributed by atoms with Crippen LogP contribution in [0.1, 0.15) is 37.4 Å². The molecule has 0 saturated carbocycles. The largest absolute Gasteiger partial charge is 0.497 e. The van der Waals surface area contributed by atoms with Gasteiger partial charge < -0.3 is 19.8 Å². The quantitative estimate of drug-likeness (QED) is 0.241. The third-order valence-corrected chi connectivity index (χ3v) is 7.72. The fourth-order valence-corrected chi connectivity index (χ4v) is 5.58. The molecule has 1 fully saturated rings. The molecule has 3 aromatic rings. The van der Waals surface area contributed by atoms with Crippen molar-refractivity contribution in [1.82, 2.24) is 19.9 Å². The second-order valence-corrected chi connectivity index (χ2v) is 9.96. The highest BCUT2D eigenvalue weighted by Gasteiger charge is 2.29. The number of pyridine rings is 1. The van der Waals surface area contributed by atoms with Crippen molar-refractivity contribution >= 4 is 22.7 Å². The van der Waals surface area contributed by atoms with E-state index in [1.54, 1.807) is 37.5 Å². The van der Waals surface area contributed by atoms with Gasteiger partial charge in [0, 0.05) is 42.9 Å². The predicted octanol–water partition coefficient (Wildman–Crippen LogP) is 3.96. The van der Waals surface area contributed by atoms with Crippen molar-refractivity contribution in [2.75, 3.05) is 39.1 Å². The number of benzene rings is 1. The first-order valence-electron chi connectivity index (χ1n) is 12.0. The predicted molar refractivity (Wildman–Crippen MR) is 135 cm³/mol. The van der Waals surface area contributed by atoms with Gasteiger partial charge in [-0.2, -0.15) is 0 Å². The maximum Gasteiger partial charge on any atom is 0.187 e. The summed E-state index contributed by atoms with van der Waals surface area (Å²) in [6, 6.07) is 9.49. The van der Waals surface area contributed by atoms with Crippen LogP contribution >= 0.6 is 11.8 Å². The van der Waals surface area contributed by atoms with Gasteiger partial charge in [-0.05, 0) is 86.5 Å². The lowest BCUT2D eigenvalue weighted by Crippen LogP contribution is -2.42. The number of likely N-dealkylation sites (tertiary alicyclic amines) is 1. The number of aliphatic hydroxyl groups excluding tert-OH is 2. The fourth-order valence-electron chi connectivity index (χ4n) is 4.85. The Hall–Kier alpha value is -2.26. The Labute approximate surface area is 205 Å². The van der Waals surface area contributed by atoms with Crippen LogP contribution in [0.25, 0.3) is 10.9 Å². The molecule has 1 aromatic carbocycles. The van der Waals surface area contributed by atoms with Crippen LogP contribution < -0.4 is 4.74 Å². The van der Waals surface area contributed by atoms with E-state index in [0.29, 0.717) is 12.3 Å². The molecule has 8 heteroatoms. The number of methoxy groups -OCH3 is 1. The van der Waals surface area contributed by atoms with Gasteiger partial charge in [-0.15, -0.1) is 0 Å². The zero-order valence-electron chi connectivity index (χ0n) is 19.7. The van der Waals surface area contributed by atoms with E-state index in [1.807, 2.05) is 30.3 Å². The number of nitrogens with zero attached hydrogens (tertiary/aromatic N) is 4. The highest BCUT2D eigenvalue weighted by atomic mass is 32.2. The van der Waals surface area contributed by atoms with Gasteiger partial charge in [-0.3, -0.25) is 4.98 Å². The Bertz CT molecular complexity index is 1040. The normalized spacial score (nSPS) is 19.9. The van der Waals surface area contributed by atoms with E-state index in [-0.39, 0.29) is 12.5 Å². The molecule has 34 heavy (non-hydrogen) atoms. The third-order valence-electron chi connectivity index (χ3n) is 6.75. The van der Waals surface area contributed by atoms with E-state index >= 15 is 0 Å². The summed E-state index contributed by atoms with van der Waals surface area (Å²) in [7, 11) is 1.64. The molecule has 0 bridgehead atoms. The van der Waals surface area contributed by atoms with Crippen LogP contribution in [-0.4, -0.2) is 69.2 Å². The van der Waals surface area contributed by atoms with Gasteiger partial charge in [0.2, 0.25) is 0 Å². The molecular formula is C26H34N4O3S. The molecule has 3 atom stereocenters. The Morgan fingerprint density at radius 1 is 1.15 bits per heavy atom. The summed E-state index contributed by atoms with van der Waals surface area (Å²) in [4.78, 5) is 15.4. The lowest BCUT2D eigenvalue weighted by Gasteiger charge is -2.38. The minimum Gasteiger partial charge on any atom is -0.497 e. The van der Waals surface area contributed by atoms with Gasteiger partial charge in [-0.25, -0.2) is 9.97 Å². The molecular weight excluding hydrogens is 448 g/mol. The first kappa shape index (κ1) is 24.9. The zero-order chi connectivity index (χ0) is 23.8. The van der Waals surface area contributed by atoms with Gasteiger partial charge in [0.15, 0.2) is 5.16 Å². The molecule has 7 nitrogen and oxygen atoms in total. The Kier molecular flexibility index (Phi) is 9.10. The van der Waals surface area contributed by atoms with Crippen LogP contribution in [0, 0.1) is 11.8 Å². The van der Waals surface area contributed by atoms with E-state index in [4.69, 9.17) is 4.74 Å². The van der Waals surface area contributed by atoms with Crippen LogP contribution in [-0.2, 0) is 0 Å². The average Bonchev–Trinajstić information content (AvgIpc) is 2.89. The molecule has 182 valence electrons. The summed E-state index contributed by atoms with van der Waals surface area (Å²) in [5.41, 5.74) is 1.75. The van der Waals surface area contributed by atoms with Gasteiger partial charge in [0.25, 0.3) is 0 Å². The standard InChI is InChI=1S/C26H34N4O3S/c1-33-21-5-6-24-23(16-21)22(8-12-27-24)25(32)7-4-19-9-14-30(17-20(19)18-31)13-3-15-34-26-28-10-2-11-29-26/h2,5-6,8,10-12,16,19-20,25,31-32H,3-4,7,9,13-15,17-18H2,1H3/t19-,20-,25+/m1/s1. The number of aromatic nitrogens is 3. The van der Waals surface area contributed by atoms with Gasteiger partial charge >= 0.3 is 0 Å². The number of aliphatic hydroxyl groups is 2. The van der Waals surface area contributed by atoms with Gasteiger partial charge in [0.1, 0.15) is 5.75 Å². The number of hydrogen-bond acceptors (Lipinski definition) is 8. The Morgan fingerprint density at radius 3 is 2.79 bits per heavy atom. The van der Waals surface area contributed by atoms with Gasteiger partial charge in [0.05, 0.1) is 18.7 Å². The maximum atomic E-state index is 11.0. The van der Waals surface area contributed by atoms with Crippen molar-refractivity contribution in [3.05, 3.63) is 54.5 Å². The highest BCUT2D eigenvalue weighted by Crippen LogP contribution is 2.33. The van der Waals surface area contributed by atoms with Crippen molar-refractivity contribution in [2.45, 2.75) is 36.9 Å². The SMILES string of the molecule is COc1ccc2nccc([C@@H](O)CC[C@@H]3CCN(CCCSc4ncccn4)C[C@@H]3CO)c2c1. The van der Waals surface area contributed by atoms with Crippen LogP contribution in [0.15, 0.2) is 54.1 Å². The van der Waals surface area contributed by atoms with Crippen molar-refractivity contribution in [2.24, 2.45) is 11.8 Å². The molecule has 0 spiro atoms. The van der Waals surface area contributed by atoms with E-state index in [9.17, 15) is 10.2 Å². The molecule has 2 aromatic heterocycles. The van der Waals surface area contributed by atoms with E-state index in [0.717, 1.165) is 72.0 Å². The summed E-state index contributed by atoms with van der Waals surface area (Å²) >= 11 is 1.69. The number of piperidine rings is 1. The first-order chi connectivity index (χ1) is 16.7. The average molecular weight is 483 g/mol. The molecule has 0 amide bonds. The Balaban J connectivity index is 1.26. The summed E-state index contributed by atoms with van der Waals surface area (Å²) in [6.45, 7) is 3.17. The Morgan fingerprint density at radius 2 is 2.00 bits per heavy atom.